The number of nitrogens with zero attached hydrogens (tertiary/aromatic N) is 2. The van der Waals surface area contributed by atoms with Crippen LogP contribution in [0.15, 0.2) is 48.5 Å². The van der Waals surface area contributed by atoms with Gasteiger partial charge in [-0.15, -0.1) is 0 Å². The van der Waals surface area contributed by atoms with Crippen molar-refractivity contribution in [1.82, 2.24) is 15.1 Å². The highest BCUT2D eigenvalue weighted by Gasteiger charge is 2.20. The Balaban J connectivity index is 1.49. The van der Waals surface area contributed by atoms with Crippen LogP contribution in [0.1, 0.15) is 24.1 Å². The molecule has 0 saturated carbocycles. The van der Waals surface area contributed by atoms with Crippen molar-refractivity contribution < 1.29 is 0 Å². The molecule has 0 bridgehead atoms. The van der Waals surface area contributed by atoms with Gasteiger partial charge < -0.3 is 10.2 Å². The Kier molecular flexibility index (Phi) is 6.76. The van der Waals surface area contributed by atoms with Crippen LogP contribution < -0.4 is 5.32 Å². The summed E-state index contributed by atoms with van der Waals surface area (Å²) in [5.74, 6) is 0. The number of benzene rings is 2. The Labute approximate surface area is 170 Å². The van der Waals surface area contributed by atoms with E-state index in [-0.39, 0.29) is 6.04 Å². The van der Waals surface area contributed by atoms with E-state index >= 15 is 0 Å². The SMILES string of the molecule is CC(NC(=S)N1CCN(Cc2ccc(Cl)cc2Cl)CC1)c1ccccc1. The number of piperazine rings is 1. The molecule has 26 heavy (non-hydrogen) atoms. The van der Waals surface area contributed by atoms with Gasteiger partial charge in [0, 0.05) is 42.8 Å². The van der Waals surface area contributed by atoms with Crippen LogP contribution in [0.2, 0.25) is 10.0 Å². The van der Waals surface area contributed by atoms with E-state index in [0.29, 0.717) is 5.02 Å². The molecule has 2 aromatic rings. The molecule has 1 N–H and O–H groups in total. The maximum Gasteiger partial charge on any atom is 0.169 e. The fourth-order valence-electron chi connectivity index (χ4n) is 3.10. The van der Waals surface area contributed by atoms with E-state index in [1.54, 1.807) is 6.07 Å². The first-order valence-electron chi connectivity index (χ1n) is 8.79. The van der Waals surface area contributed by atoms with Crippen molar-refractivity contribution in [2.24, 2.45) is 0 Å². The van der Waals surface area contributed by atoms with Crippen molar-refractivity contribution >= 4 is 40.5 Å². The molecule has 1 atom stereocenters. The fourth-order valence-corrected chi connectivity index (χ4v) is 3.93. The number of hydrogen-bond donors (Lipinski definition) is 1. The third-order valence-corrected chi connectivity index (χ3v) is 5.67. The van der Waals surface area contributed by atoms with Crippen molar-refractivity contribution in [2.45, 2.75) is 19.5 Å². The van der Waals surface area contributed by atoms with Crippen LogP contribution in [0.4, 0.5) is 0 Å². The summed E-state index contributed by atoms with van der Waals surface area (Å²) in [6.07, 6.45) is 0. The minimum absolute atomic E-state index is 0.203. The molecule has 1 aliphatic heterocycles. The van der Waals surface area contributed by atoms with E-state index in [0.717, 1.165) is 48.4 Å². The van der Waals surface area contributed by atoms with Gasteiger partial charge in [0.25, 0.3) is 0 Å². The van der Waals surface area contributed by atoms with Crippen molar-refractivity contribution in [3.05, 3.63) is 69.7 Å². The lowest BCUT2D eigenvalue weighted by Crippen LogP contribution is -2.51. The lowest BCUT2D eigenvalue weighted by Gasteiger charge is -2.37. The fraction of sp³-hybridized carbons (Fsp3) is 0.350. The average molecular weight is 408 g/mol. The Morgan fingerprint density at radius 2 is 1.77 bits per heavy atom. The smallest absolute Gasteiger partial charge is 0.169 e. The Bertz CT molecular complexity index is 746. The molecule has 6 heteroatoms. The minimum Gasteiger partial charge on any atom is -0.356 e. The second-order valence-electron chi connectivity index (χ2n) is 6.58. The average Bonchev–Trinajstić information content (AvgIpc) is 2.65. The molecule has 3 nitrogen and oxygen atoms in total. The highest BCUT2D eigenvalue weighted by atomic mass is 35.5. The van der Waals surface area contributed by atoms with E-state index in [1.165, 1.54) is 5.56 Å². The van der Waals surface area contributed by atoms with E-state index < -0.39 is 0 Å². The van der Waals surface area contributed by atoms with E-state index in [1.807, 2.05) is 18.2 Å². The van der Waals surface area contributed by atoms with Crippen LogP contribution in [0.5, 0.6) is 0 Å². The molecular weight excluding hydrogens is 385 g/mol. The highest BCUT2D eigenvalue weighted by Crippen LogP contribution is 2.22. The Morgan fingerprint density at radius 3 is 2.42 bits per heavy atom. The first-order valence-corrected chi connectivity index (χ1v) is 9.96. The largest absolute Gasteiger partial charge is 0.356 e. The third kappa shape index (κ3) is 5.10. The summed E-state index contributed by atoms with van der Waals surface area (Å²) in [6, 6.07) is 16.3. The van der Waals surface area contributed by atoms with Crippen LogP contribution in [0.3, 0.4) is 0 Å². The molecule has 0 radical (unpaired) electrons. The molecule has 1 unspecified atom stereocenters. The summed E-state index contributed by atoms with van der Waals surface area (Å²) in [7, 11) is 0. The van der Waals surface area contributed by atoms with Crippen LogP contribution >= 0.6 is 35.4 Å². The first kappa shape index (κ1) is 19.4. The summed E-state index contributed by atoms with van der Waals surface area (Å²) in [5, 5.41) is 5.68. The molecule has 1 aliphatic rings. The number of nitrogens with one attached hydrogen (secondary N) is 1. The van der Waals surface area contributed by atoms with Gasteiger partial charge in [-0.3, -0.25) is 4.90 Å². The predicted molar refractivity (Wildman–Crippen MR) is 114 cm³/mol. The molecule has 1 fully saturated rings. The van der Waals surface area contributed by atoms with Crippen LogP contribution in [0, 0.1) is 0 Å². The molecule has 0 amide bonds. The summed E-state index contributed by atoms with van der Waals surface area (Å²) in [5.41, 5.74) is 2.36. The van der Waals surface area contributed by atoms with Gasteiger partial charge in [0.1, 0.15) is 0 Å². The zero-order valence-corrected chi connectivity index (χ0v) is 17.1. The zero-order valence-electron chi connectivity index (χ0n) is 14.8. The maximum atomic E-state index is 6.29. The topological polar surface area (TPSA) is 18.5 Å². The molecular formula is C20H23Cl2N3S. The van der Waals surface area contributed by atoms with Gasteiger partial charge in [0.2, 0.25) is 0 Å². The number of hydrogen-bond acceptors (Lipinski definition) is 2. The van der Waals surface area contributed by atoms with Gasteiger partial charge in [-0.2, -0.15) is 0 Å². The molecule has 0 aromatic heterocycles. The molecule has 0 spiro atoms. The Hall–Kier alpha value is -1.33. The van der Waals surface area contributed by atoms with Crippen LogP contribution in [-0.2, 0) is 6.54 Å². The quantitative estimate of drug-likeness (QED) is 0.736. The first-order chi connectivity index (χ1) is 12.5. The van der Waals surface area contributed by atoms with Crippen molar-refractivity contribution in [1.29, 1.82) is 0 Å². The second kappa shape index (κ2) is 9.05. The zero-order chi connectivity index (χ0) is 18.5. The minimum atomic E-state index is 0.203. The summed E-state index contributed by atoms with van der Waals surface area (Å²) in [6.45, 7) is 6.73. The van der Waals surface area contributed by atoms with Gasteiger partial charge in [-0.1, -0.05) is 59.6 Å². The number of rotatable bonds is 4. The van der Waals surface area contributed by atoms with E-state index in [9.17, 15) is 0 Å². The summed E-state index contributed by atoms with van der Waals surface area (Å²) >= 11 is 17.9. The number of thiocarbonyl (C=S) groups is 1. The summed E-state index contributed by atoms with van der Waals surface area (Å²) in [4.78, 5) is 4.64. The normalized spacial score (nSPS) is 16.3. The monoisotopic (exact) mass is 407 g/mol. The standard InChI is InChI=1S/C20H23Cl2N3S/c1-15(16-5-3-2-4-6-16)23-20(26)25-11-9-24(10-12-25)14-17-7-8-18(21)13-19(17)22/h2-8,13,15H,9-12,14H2,1H3,(H,23,26). The third-order valence-electron chi connectivity index (χ3n) is 4.71. The van der Waals surface area contributed by atoms with Crippen molar-refractivity contribution in [3.63, 3.8) is 0 Å². The van der Waals surface area contributed by atoms with Gasteiger partial charge >= 0.3 is 0 Å². The Morgan fingerprint density at radius 1 is 1.08 bits per heavy atom. The summed E-state index contributed by atoms with van der Waals surface area (Å²) < 4.78 is 0. The van der Waals surface area contributed by atoms with Gasteiger partial charge in [-0.25, -0.2) is 0 Å². The lowest BCUT2D eigenvalue weighted by atomic mass is 10.1. The molecule has 1 heterocycles. The molecule has 0 aliphatic carbocycles. The molecule has 1 saturated heterocycles. The molecule has 2 aromatic carbocycles. The molecule has 3 rings (SSSR count). The predicted octanol–water partition coefficient (Wildman–Crippen LogP) is 4.75. The van der Waals surface area contributed by atoms with Gasteiger partial charge in [0.05, 0.1) is 6.04 Å². The van der Waals surface area contributed by atoms with Gasteiger partial charge in [-0.05, 0) is 42.4 Å². The molecule has 138 valence electrons. The lowest BCUT2D eigenvalue weighted by molar-refractivity contribution is 0.174. The van der Waals surface area contributed by atoms with Gasteiger partial charge in [0.15, 0.2) is 5.11 Å². The number of halogens is 2. The van der Waals surface area contributed by atoms with E-state index in [2.05, 4.69) is 46.3 Å². The second-order valence-corrected chi connectivity index (χ2v) is 7.81. The highest BCUT2D eigenvalue weighted by molar-refractivity contribution is 7.80. The van der Waals surface area contributed by atoms with E-state index in [4.69, 9.17) is 35.4 Å². The van der Waals surface area contributed by atoms with Crippen LogP contribution in [-0.4, -0.2) is 41.1 Å². The van der Waals surface area contributed by atoms with Crippen molar-refractivity contribution in [2.75, 3.05) is 26.2 Å². The maximum absolute atomic E-state index is 6.29. The van der Waals surface area contributed by atoms with Crippen LogP contribution in [0.25, 0.3) is 0 Å². The van der Waals surface area contributed by atoms with Crippen molar-refractivity contribution in [3.8, 4) is 0 Å².